The Labute approximate surface area is 112 Å². The van der Waals surface area contributed by atoms with Gasteiger partial charge in [-0.3, -0.25) is 9.69 Å². The van der Waals surface area contributed by atoms with Crippen LogP contribution < -0.4 is 11.1 Å². The van der Waals surface area contributed by atoms with Crippen molar-refractivity contribution < 1.29 is 4.79 Å². The van der Waals surface area contributed by atoms with Crippen molar-refractivity contribution in [2.75, 3.05) is 19.6 Å². The van der Waals surface area contributed by atoms with E-state index in [0.717, 1.165) is 26.1 Å². The summed E-state index contributed by atoms with van der Waals surface area (Å²) < 4.78 is 0. The Morgan fingerprint density at radius 3 is 3.28 bits per heavy atom. The normalized spacial score (nSPS) is 17.2. The average Bonchev–Trinajstić information content (AvgIpc) is 2.75. The largest absolute Gasteiger partial charge is 0.355 e. The number of nitrogens with two attached hydrogens (primary N) is 1. The second-order valence-corrected chi connectivity index (χ2v) is 5.93. The first-order valence-electron chi connectivity index (χ1n) is 6.45. The molecule has 0 radical (unpaired) electrons. The van der Waals surface area contributed by atoms with Gasteiger partial charge in [0.2, 0.25) is 5.91 Å². The molecule has 1 aromatic rings. The van der Waals surface area contributed by atoms with Gasteiger partial charge < -0.3 is 11.1 Å². The minimum Gasteiger partial charge on any atom is -0.355 e. The van der Waals surface area contributed by atoms with E-state index in [1.54, 1.807) is 0 Å². The Balaban J connectivity index is 1.68. The molecule has 1 aliphatic rings. The van der Waals surface area contributed by atoms with E-state index >= 15 is 0 Å². The molecule has 0 saturated carbocycles. The highest BCUT2D eigenvalue weighted by molar-refractivity contribution is 7.10. The molecule has 0 spiro atoms. The van der Waals surface area contributed by atoms with E-state index in [9.17, 15) is 4.79 Å². The van der Waals surface area contributed by atoms with Gasteiger partial charge in [-0.25, -0.2) is 0 Å². The standard InChI is InChI=1S/C13H21N3OS/c1-10(14)8-13(17)15-4-6-16-5-2-12-11(9-16)3-7-18-12/h3,7,10H,2,4-6,8-9,14H2,1H3,(H,15,17). The molecule has 4 nitrogen and oxygen atoms in total. The fourth-order valence-electron chi connectivity index (χ4n) is 2.22. The smallest absolute Gasteiger partial charge is 0.221 e. The lowest BCUT2D eigenvalue weighted by Crippen LogP contribution is -2.38. The van der Waals surface area contributed by atoms with Crippen LogP contribution in [-0.2, 0) is 17.8 Å². The third-order valence-electron chi connectivity index (χ3n) is 3.14. The van der Waals surface area contributed by atoms with E-state index in [0.29, 0.717) is 13.0 Å². The van der Waals surface area contributed by atoms with Gasteiger partial charge in [0, 0.05) is 43.5 Å². The van der Waals surface area contributed by atoms with Crippen molar-refractivity contribution in [3.05, 3.63) is 21.9 Å². The molecule has 2 rings (SSSR count). The Kier molecular flexibility index (Phi) is 4.74. The number of nitrogens with zero attached hydrogens (tertiary/aromatic N) is 1. The molecule has 3 N–H and O–H groups in total. The van der Waals surface area contributed by atoms with Gasteiger partial charge in [0.05, 0.1) is 0 Å². The molecule has 18 heavy (non-hydrogen) atoms. The zero-order valence-electron chi connectivity index (χ0n) is 10.8. The van der Waals surface area contributed by atoms with Crippen molar-refractivity contribution in [1.82, 2.24) is 10.2 Å². The van der Waals surface area contributed by atoms with Crippen molar-refractivity contribution in [2.24, 2.45) is 5.73 Å². The first-order valence-corrected chi connectivity index (χ1v) is 7.33. The van der Waals surface area contributed by atoms with Crippen LogP contribution in [0.15, 0.2) is 11.4 Å². The Morgan fingerprint density at radius 1 is 1.67 bits per heavy atom. The second kappa shape index (κ2) is 6.31. The lowest BCUT2D eigenvalue weighted by atomic mass is 10.1. The van der Waals surface area contributed by atoms with Crippen molar-refractivity contribution >= 4 is 17.2 Å². The molecule has 1 atom stereocenters. The average molecular weight is 267 g/mol. The number of amides is 1. The van der Waals surface area contributed by atoms with Gasteiger partial charge >= 0.3 is 0 Å². The number of hydrogen-bond donors (Lipinski definition) is 2. The summed E-state index contributed by atoms with van der Waals surface area (Å²) in [7, 11) is 0. The number of nitrogens with one attached hydrogen (secondary N) is 1. The molecule has 0 aromatic carbocycles. The van der Waals surface area contributed by atoms with E-state index in [2.05, 4.69) is 21.7 Å². The van der Waals surface area contributed by atoms with Gasteiger partial charge in [-0.1, -0.05) is 0 Å². The number of thiophene rings is 1. The first kappa shape index (κ1) is 13.5. The summed E-state index contributed by atoms with van der Waals surface area (Å²) >= 11 is 1.85. The lowest BCUT2D eigenvalue weighted by molar-refractivity contribution is -0.121. The van der Waals surface area contributed by atoms with Gasteiger partial charge in [-0.05, 0) is 30.4 Å². The topological polar surface area (TPSA) is 58.4 Å². The maximum Gasteiger partial charge on any atom is 0.221 e. The molecule has 5 heteroatoms. The number of hydrogen-bond acceptors (Lipinski definition) is 4. The number of rotatable bonds is 5. The fraction of sp³-hybridized carbons (Fsp3) is 0.615. The summed E-state index contributed by atoms with van der Waals surface area (Å²) in [5.41, 5.74) is 7.03. The predicted octanol–water partition coefficient (Wildman–Crippen LogP) is 0.960. The molecule has 100 valence electrons. The van der Waals surface area contributed by atoms with Gasteiger partial charge in [0.25, 0.3) is 0 Å². The van der Waals surface area contributed by atoms with Crippen molar-refractivity contribution in [1.29, 1.82) is 0 Å². The van der Waals surface area contributed by atoms with E-state index in [1.165, 1.54) is 10.4 Å². The van der Waals surface area contributed by atoms with Crippen LogP contribution >= 0.6 is 11.3 Å². The third-order valence-corrected chi connectivity index (χ3v) is 4.17. The number of carbonyl (C=O) groups is 1. The summed E-state index contributed by atoms with van der Waals surface area (Å²) in [6.45, 7) is 5.59. The zero-order valence-corrected chi connectivity index (χ0v) is 11.6. The monoisotopic (exact) mass is 267 g/mol. The fourth-order valence-corrected chi connectivity index (χ4v) is 3.11. The molecule has 0 aliphatic carbocycles. The minimum absolute atomic E-state index is 0.0539. The predicted molar refractivity (Wildman–Crippen MR) is 74.6 cm³/mol. The van der Waals surface area contributed by atoms with Gasteiger partial charge in [-0.2, -0.15) is 0 Å². The maximum atomic E-state index is 11.4. The molecule has 0 saturated heterocycles. The van der Waals surface area contributed by atoms with E-state index in [1.807, 2.05) is 18.3 Å². The van der Waals surface area contributed by atoms with E-state index in [-0.39, 0.29) is 11.9 Å². The summed E-state index contributed by atoms with van der Waals surface area (Å²) in [6, 6.07) is 2.15. The number of fused-ring (bicyclic) bond motifs is 1. The van der Waals surface area contributed by atoms with Crippen LogP contribution in [0.1, 0.15) is 23.8 Å². The van der Waals surface area contributed by atoms with E-state index in [4.69, 9.17) is 5.73 Å². The molecular weight excluding hydrogens is 246 g/mol. The highest BCUT2D eigenvalue weighted by Crippen LogP contribution is 2.23. The molecule has 1 aromatic heterocycles. The van der Waals surface area contributed by atoms with Crippen LogP contribution in [0, 0.1) is 0 Å². The maximum absolute atomic E-state index is 11.4. The van der Waals surface area contributed by atoms with Crippen molar-refractivity contribution in [3.63, 3.8) is 0 Å². The van der Waals surface area contributed by atoms with Crippen LogP contribution in [0.2, 0.25) is 0 Å². The highest BCUT2D eigenvalue weighted by atomic mass is 32.1. The van der Waals surface area contributed by atoms with Crippen LogP contribution in [0.5, 0.6) is 0 Å². The van der Waals surface area contributed by atoms with E-state index < -0.39 is 0 Å². The van der Waals surface area contributed by atoms with Crippen LogP contribution in [0.4, 0.5) is 0 Å². The highest BCUT2D eigenvalue weighted by Gasteiger charge is 2.16. The Bertz CT molecular complexity index is 403. The Hall–Kier alpha value is -0.910. The SMILES string of the molecule is CC(N)CC(=O)NCCN1CCc2sccc2C1. The van der Waals surface area contributed by atoms with Gasteiger partial charge in [0.1, 0.15) is 0 Å². The lowest BCUT2D eigenvalue weighted by Gasteiger charge is -2.26. The summed E-state index contributed by atoms with van der Waals surface area (Å²) in [4.78, 5) is 15.4. The summed E-state index contributed by atoms with van der Waals surface area (Å²) in [5.74, 6) is 0.0539. The summed E-state index contributed by atoms with van der Waals surface area (Å²) in [6.07, 6.45) is 1.55. The second-order valence-electron chi connectivity index (χ2n) is 4.93. The van der Waals surface area contributed by atoms with Gasteiger partial charge in [-0.15, -0.1) is 11.3 Å². The first-order chi connectivity index (χ1) is 8.65. The zero-order chi connectivity index (χ0) is 13.0. The molecule has 1 amide bonds. The minimum atomic E-state index is -0.0617. The summed E-state index contributed by atoms with van der Waals surface area (Å²) in [5, 5.41) is 5.09. The van der Waals surface area contributed by atoms with Crippen LogP contribution in [0.3, 0.4) is 0 Å². The molecule has 1 unspecified atom stereocenters. The quantitative estimate of drug-likeness (QED) is 0.835. The molecule has 0 fully saturated rings. The van der Waals surface area contributed by atoms with Crippen molar-refractivity contribution in [2.45, 2.75) is 32.4 Å². The van der Waals surface area contributed by atoms with Crippen LogP contribution in [0.25, 0.3) is 0 Å². The Morgan fingerprint density at radius 2 is 2.50 bits per heavy atom. The number of carbonyl (C=O) groups excluding carboxylic acids is 1. The third kappa shape index (κ3) is 3.80. The van der Waals surface area contributed by atoms with Crippen molar-refractivity contribution in [3.8, 4) is 0 Å². The molecular formula is C13H21N3OS. The molecule has 0 bridgehead atoms. The molecule has 2 heterocycles. The van der Waals surface area contributed by atoms with Gasteiger partial charge in [0.15, 0.2) is 0 Å². The molecule has 1 aliphatic heterocycles. The van der Waals surface area contributed by atoms with Crippen LogP contribution in [-0.4, -0.2) is 36.5 Å².